The molecule has 0 aliphatic carbocycles. The Kier molecular flexibility index (Phi) is 4.60. The van der Waals surface area contributed by atoms with Crippen molar-refractivity contribution in [2.45, 2.75) is 6.61 Å². The summed E-state index contributed by atoms with van der Waals surface area (Å²) in [5, 5.41) is 0.689. The molecular formula is C21H18ClN3O2. The van der Waals surface area contributed by atoms with Crippen LogP contribution in [0.15, 0.2) is 67.0 Å². The van der Waals surface area contributed by atoms with Gasteiger partial charge < -0.3 is 19.6 Å². The molecule has 0 atom stereocenters. The number of pyridine rings is 1. The van der Waals surface area contributed by atoms with Crippen molar-refractivity contribution in [3.8, 4) is 22.8 Å². The summed E-state index contributed by atoms with van der Waals surface area (Å²) in [4.78, 5) is 4.72. The summed E-state index contributed by atoms with van der Waals surface area (Å²) in [5.74, 6) is 1.35. The molecule has 2 heterocycles. The van der Waals surface area contributed by atoms with Gasteiger partial charge in [-0.3, -0.25) is 0 Å². The number of hydrogen-bond donors (Lipinski definition) is 1. The Bertz CT molecular complexity index is 1110. The first-order chi connectivity index (χ1) is 13.1. The number of rotatable bonds is 5. The van der Waals surface area contributed by atoms with Crippen molar-refractivity contribution in [1.82, 2.24) is 9.38 Å². The minimum Gasteiger partial charge on any atom is -0.495 e. The molecule has 6 heteroatoms. The number of aromatic nitrogens is 2. The summed E-state index contributed by atoms with van der Waals surface area (Å²) < 4.78 is 13.1. The number of imidazole rings is 1. The van der Waals surface area contributed by atoms with E-state index in [2.05, 4.69) is 0 Å². The summed E-state index contributed by atoms with van der Waals surface area (Å²) >= 11 is 6.04. The number of nitrogen functional groups attached to an aromatic ring is 1. The van der Waals surface area contributed by atoms with Crippen molar-refractivity contribution >= 4 is 22.9 Å². The summed E-state index contributed by atoms with van der Waals surface area (Å²) in [6.45, 7) is 0.415. The zero-order chi connectivity index (χ0) is 18.8. The molecule has 4 rings (SSSR count). The zero-order valence-electron chi connectivity index (χ0n) is 14.7. The minimum absolute atomic E-state index is 0.415. The van der Waals surface area contributed by atoms with Gasteiger partial charge in [-0.1, -0.05) is 23.7 Å². The van der Waals surface area contributed by atoms with E-state index in [9.17, 15) is 0 Å². The number of halogens is 1. The lowest BCUT2D eigenvalue weighted by Gasteiger charge is -2.07. The quantitative estimate of drug-likeness (QED) is 0.505. The molecule has 2 aromatic carbocycles. The molecule has 0 bridgehead atoms. The van der Waals surface area contributed by atoms with Crippen LogP contribution in [0.4, 0.5) is 5.69 Å². The highest BCUT2D eigenvalue weighted by atomic mass is 35.5. The lowest BCUT2D eigenvalue weighted by atomic mass is 10.1. The summed E-state index contributed by atoms with van der Waals surface area (Å²) in [5.41, 5.74) is 10.1. The number of methoxy groups -OCH3 is 1. The second-order valence-electron chi connectivity index (χ2n) is 6.10. The van der Waals surface area contributed by atoms with Gasteiger partial charge in [0.25, 0.3) is 0 Å². The van der Waals surface area contributed by atoms with Crippen LogP contribution in [0.25, 0.3) is 16.9 Å². The maximum absolute atomic E-state index is 6.04. The molecule has 0 radical (unpaired) electrons. The normalized spacial score (nSPS) is 10.9. The van der Waals surface area contributed by atoms with Crippen LogP contribution < -0.4 is 15.2 Å². The van der Waals surface area contributed by atoms with Crippen LogP contribution in [0.5, 0.6) is 11.5 Å². The third-order valence-electron chi connectivity index (χ3n) is 4.26. The standard InChI is InChI=1S/C21H18ClN3O2/c1-26-19-8-7-15(11-17(19)23)18-12-25-9-3-6-20(21(25)24-18)27-13-14-4-2-5-16(22)10-14/h2-12H,13,23H2,1H3. The second-order valence-corrected chi connectivity index (χ2v) is 6.54. The van der Waals surface area contributed by atoms with Crippen LogP contribution >= 0.6 is 11.6 Å². The highest BCUT2D eigenvalue weighted by molar-refractivity contribution is 6.30. The molecule has 0 unspecified atom stereocenters. The molecule has 0 amide bonds. The molecule has 2 N–H and O–H groups in total. The molecule has 4 aromatic rings. The van der Waals surface area contributed by atoms with E-state index in [4.69, 9.17) is 31.8 Å². The maximum Gasteiger partial charge on any atom is 0.180 e. The van der Waals surface area contributed by atoms with Crippen molar-refractivity contribution < 1.29 is 9.47 Å². The molecule has 5 nitrogen and oxygen atoms in total. The number of hydrogen-bond acceptors (Lipinski definition) is 4. The Morgan fingerprint density at radius 2 is 1.96 bits per heavy atom. The van der Waals surface area contributed by atoms with Gasteiger partial charge in [-0.2, -0.15) is 0 Å². The molecule has 0 fully saturated rings. The first-order valence-corrected chi connectivity index (χ1v) is 8.80. The van der Waals surface area contributed by atoms with E-state index in [-0.39, 0.29) is 0 Å². The van der Waals surface area contributed by atoms with Gasteiger partial charge in [0.15, 0.2) is 11.4 Å². The van der Waals surface area contributed by atoms with Crippen LogP contribution in [-0.2, 0) is 6.61 Å². The van der Waals surface area contributed by atoms with E-state index in [0.717, 1.165) is 22.5 Å². The molecule has 2 aromatic heterocycles. The van der Waals surface area contributed by atoms with E-state index in [0.29, 0.717) is 28.8 Å². The highest BCUT2D eigenvalue weighted by Crippen LogP contribution is 2.30. The van der Waals surface area contributed by atoms with E-state index in [1.54, 1.807) is 7.11 Å². The Labute approximate surface area is 161 Å². The fraction of sp³-hybridized carbons (Fsp3) is 0.0952. The SMILES string of the molecule is COc1ccc(-c2cn3cccc(OCc4cccc(Cl)c4)c3n2)cc1N. The number of nitrogens with zero attached hydrogens (tertiary/aromatic N) is 2. The first-order valence-electron chi connectivity index (χ1n) is 8.43. The number of anilines is 1. The second kappa shape index (κ2) is 7.21. The number of nitrogens with two attached hydrogens (primary N) is 1. The molecule has 0 saturated heterocycles. The van der Waals surface area contributed by atoms with Gasteiger partial charge in [0.05, 0.1) is 18.5 Å². The highest BCUT2D eigenvalue weighted by Gasteiger charge is 2.11. The van der Waals surface area contributed by atoms with Crippen molar-refractivity contribution in [2.24, 2.45) is 0 Å². The summed E-state index contributed by atoms with van der Waals surface area (Å²) in [7, 11) is 1.60. The Balaban J connectivity index is 1.65. The van der Waals surface area contributed by atoms with Gasteiger partial charge in [-0.15, -0.1) is 0 Å². The van der Waals surface area contributed by atoms with Crippen molar-refractivity contribution in [3.05, 3.63) is 77.6 Å². The predicted molar refractivity (Wildman–Crippen MR) is 107 cm³/mol. The molecule has 0 spiro atoms. The van der Waals surface area contributed by atoms with Crippen LogP contribution in [0.1, 0.15) is 5.56 Å². The largest absolute Gasteiger partial charge is 0.495 e. The van der Waals surface area contributed by atoms with Crippen molar-refractivity contribution in [3.63, 3.8) is 0 Å². The lowest BCUT2D eigenvalue weighted by Crippen LogP contribution is -1.97. The molecule has 136 valence electrons. The Hall–Kier alpha value is -3.18. The maximum atomic E-state index is 6.04. The van der Waals surface area contributed by atoms with Crippen molar-refractivity contribution in [1.29, 1.82) is 0 Å². The molecular weight excluding hydrogens is 362 g/mol. The van der Waals surface area contributed by atoms with E-state index in [1.807, 2.05) is 71.4 Å². The number of benzene rings is 2. The van der Waals surface area contributed by atoms with Crippen LogP contribution in [0.2, 0.25) is 5.02 Å². The number of fused-ring (bicyclic) bond motifs is 1. The van der Waals surface area contributed by atoms with Gasteiger partial charge in [-0.25, -0.2) is 4.98 Å². The van der Waals surface area contributed by atoms with Gasteiger partial charge in [0.1, 0.15) is 12.4 Å². The average Bonchev–Trinajstić information content (AvgIpc) is 3.11. The van der Waals surface area contributed by atoms with Gasteiger partial charge in [0, 0.05) is 23.0 Å². The minimum atomic E-state index is 0.415. The molecule has 0 aliphatic rings. The lowest BCUT2D eigenvalue weighted by molar-refractivity contribution is 0.308. The van der Waals surface area contributed by atoms with Gasteiger partial charge in [0.2, 0.25) is 0 Å². The number of ether oxygens (including phenoxy) is 2. The third-order valence-corrected chi connectivity index (χ3v) is 4.49. The van der Waals surface area contributed by atoms with Crippen molar-refractivity contribution in [2.75, 3.05) is 12.8 Å². The van der Waals surface area contributed by atoms with Crippen LogP contribution in [0, 0.1) is 0 Å². The first kappa shape index (κ1) is 17.2. The summed E-state index contributed by atoms with van der Waals surface area (Å²) in [6.07, 6.45) is 3.88. The van der Waals surface area contributed by atoms with E-state index >= 15 is 0 Å². The fourth-order valence-electron chi connectivity index (χ4n) is 2.92. The third kappa shape index (κ3) is 3.55. The molecule has 0 aliphatic heterocycles. The van der Waals surface area contributed by atoms with E-state index in [1.165, 1.54) is 0 Å². The van der Waals surface area contributed by atoms with Gasteiger partial charge >= 0.3 is 0 Å². The molecule has 27 heavy (non-hydrogen) atoms. The predicted octanol–water partition coefficient (Wildman–Crippen LogP) is 4.82. The monoisotopic (exact) mass is 379 g/mol. The van der Waals surface area contributed by atoms with Crippen LogP contribution in [-0.4, -0.2) is 16.5 Å². The topological polar surface area (TPSA) is 61.8 Å². The fourth-order valence-corrected chi connectivity index (χ4v) is 3.13. The summed E-state index contributed by atoms with van der Waals surface area (Å²) in [6, 6.07) is 17.1. The zero-order valence-corrected chi connectivity index (χ0v) is 15.5. The molecule has 0 saturated carbocycles. The van der Waals surface area contributed by atoms with E-state index < -0.39 is 0 Å². The van der Waals surface area contributed by atoms with Gasteiger partial charge in [-0.05, 0) is 48.0 Å². The Morgan fingerprint density at radius 3 is 2.74 bits per heavy atom. The van der Waals surface area contributed by atoms with Crippen LogP contribution in [0.3, 0.4) is 0 Å². The smallest absolute Gasteiger partial charge is 0.180 e. The Morgan fingerprint density at radius 1 is 1.07 bits per heavy atom. The average molecular weight is 380 g/mol.